The zero-order chi connectivity index (χ0) is 21.1. The Balaban J connectivity index is 0.00000320. The molecule has 1 aromatic heterocycles. The molecule has 0 radical (unpaired) electrons. The number of nitrogen functional groups attached to an aromatic ring is 1. The van der Waals surface area contributed by atoms with Gasteiger partial charge in [-0.05, 0) is 11.1 Å². The van der Waals surface area contributed by atoms with Crippen molar-refractivity contribution >= 4 is 51.7 Å². The number of β-lactam (4-membered cyclic amide) rings is 1. The van der Waals surface area contributed by atoms with E-state index >= 15 is 0 Å². The third kappa shape index (κ3) is 4.55. The molecule has 152 valence electrons. The van der Waals surface area contributed by atoms with Crippen molar-refractivity contribution in [2.45, 2.75) is 11.4 Å². The number of nitrogens with zero attached hydrogens (tertiary/aromatic N) is 6. The molecule has 0 bridgehead atoms. The van der Waals surface area contributed by atoms with E-state index in [1.54, 1.807) is 0 Å². The van der Waals surface area contributed by atoms with Gasteiger partial charge in [-0.25, -0.2) is 4.98 Å². The Morgan fingerprint density at radius 3 is 2.87 bits per heavy atom. The molecule has 2 aliphatic heterocycles. The number of nitrogens with two attached hydrogens (primary N) is 1. The monoisotopic (exact) mass is 460 g/mol. The Bertz CT molecular complexity index is 989. The van der Waals surface area contributed by atoms with Crippen LogP contribution in [-0.4, -0.2) is 64.2 Å². The van der Waals surface area contributed by atoms with E-state index in [9.17, 15) is 19.5 Å². The van der Waals surface area contributed by atoms with Crippen molar-refractivity contribution in [3.05, 3.63) is 32.8 Å². The summed E-state index contributed by atoms with van der Waals surface area (Å²) in [5.74, 6) is -2.72. The average molecular weight is 460 g/mol. The number of nitrogens with one attached hydrogen (secondary N) is 1. The van der Waals surface area contributed by atoms with Crippen LogP contribution in [0.4, 0.5) is 5.13 Å². The molecule has 0 aromatic carbocycles. The van der Waals surface area contributed by atoms with Crippen LogP contribution in [0.15, 0.2) is 26.9 Å². The number of aliphatic carboxylic acids is 1. The summed E-state index contributed by atoms with van der Waals surface area (Å²) in [6, 6.07) is -0.985. The zero-order valence-electron chi connectivity index (χ0n) is 15.8. The minimum atomic E-state index is -1.56. The number of fused-ring (bicyclic) bond motifs is 1. The minimum absolute atomic E-state index is 0. The molecule has 1 unspecified atom stereocenters. The van der Waals surface area contributed by atoms with Crippen molar-refractivity contribution in [2.24, 2.45) is 10.3 Å². The summed E-state index contributed by atoms with van der Waals surface area (Å²) in [5.41, 5.74) is 13.9. The SMILES string of the molecule is CON=C(C(=O)NC1C(=O)N2C(C(=O)[O-])=C(CN=[N+]=[N-])CS[C@H]12)c1csc(N)n1.[Na+]. The molecule has 3 N–H and O–H groups in total. The van der Waals surface area contributed by atoms with Gasteiger partial charge in [-0.2, -0.15) is 0 Å². The number of hydrogen-bond acceptors (Lipinski definition) is 11. The minimum Gasteiger partial charge on any atom is -0.543 e. The first kappa shape index (κ1) is 24.0. The number of carbonyl (C=O) groups excluding carboxylic acids is 3. The standard InChI is InChI=1S/C14H14N8O5S2.Na/c1-27-20-7(6-4-29-14(15)18-6)10(23)19-8-11(24)22-9(13(25)26)5(2-17-21-16)3-28-12(8)22;/h4,8,12H,2-3H2,1H3,(H2,15,18)(H,19,23)(H,25,26);/q;+1/p-1/t8?,12-;/m1./s1. The van der Waals surface area contributed by atoms with Gasteiger partial charge in [0.2, 0.25) is 0 Å². The van der Waals surface area contributed by atoms with Crippen molar-refractivity contribution in [1.29, 1.82) is 0 Å². The second kappa shape index (κ2) is 10.1. The van der Waals surface area contributed by atoms with E-state index in [2.05, 4.69) is 30.3 Å². The van der Waals surface area contributed by atoms with Gasteiger partial charge in [0.25, 0.3) is 11.8 Å². The normalized spacial score (nSPS) is 20.4. The van der Waals surface area contributed by atoms with E-state index in [1.165, 1.54) is 24.3 Å². The van der Waals surface area contributed by atoms with Crippen molar-refractivity contribution in [1.82, 2.24) is 15.2 Å². The number of anilines is 1. The van der Waals surface area contributed by atoms with Crippen LogP contribution in [0.25, 0.3) is 10.4 Å². The van der Waals surface area contributed by atoms with Gasteiger partial charge in [0.15, 0.2) is 10.8 Å². The maximum atomic E-state index is 12.6. The molecule has 16 heteroatoms. The van der Waals surface area contributed by atoms with Gasteiger partial charge >= 0.3 is 29.6 Å². The first-order valence-electron chi connectivity index (χ1n) is 7.91. The van der Waals surface area contributed by atoms with Gasteiger partial charge in [-0.3, -0.25) is 14.5 Å². The van der Waals surface area contributed by atoms with Crippen molar-refractivity contribution in [3.63, 3.8) is 0 Å². The summed E-state index contributed by atoms with van der Waals surface area (Å²) < 4.78 is 0. The fraction of sp³-hybridized carbons (Fsp3) is 0.357. The Morgan fingerprint density at radius 2 is 2.30 bits per heavy atom. The molecule has 30 heavy (non-hydrogen) atoms. The fourth-order valence-corrected chi connectivity index (χ4v) is 4.70. The molecule has 0 saturated carbocycles. The van der Waals surface area contributed by atoms with Gasteiger partial charge in [0.05, 0.1) is 18.2 Å². The van der Waals surface area contributed by atoms with Gasteiger partial charge in [-0.15, -0.1) is 23.1 Å². The number of oxime groups is 1. The predicted octanol–water partition coefficient (Wildman–Crippen LogP) is -4.21. The van der Waals surface area contributed by atoms with E-state index in [-0.39, 0.29) is 69.7 Å². The summed E-state index contributed by atoms with van der Waals surface area (Å²) in [5, 5.41) is 22.1. The number of carbonyl (C=O) groups is 3. The summed E-state index contributed by atoms with van der Waals surface area (Å²) in [6.07, 6.45) is 0. The molecule has 3 heterocycles. The van der Waals surface area contributed by atoms with E-state index in [0.29, 0.717) is 0 Å². The van der Waals surface area contributed by atoms with Crippen LogP contribution in [0, 0.1) is 0 Å². The number of amides is 2. The number of thioether (sulfide) groups is 1. The maximum absolute atomic E-state index is 12.6. The van der Waals surface area contributed by atoms with Crippen LogP contribution in [-0.2, 0) is 19.2 Å². The number of carboxylic acids is 1. The van der Waals surface area contributed by atoms with Crippen LogP contribution < -0.4 is 45.7 Å². The molecule has 0 spiro atoms. The van der Waals surface area contributed by atoms with E-state index in [0.717, 1.165) is 16.2 Å². The Morgan fingerprint density at radius 1 is 1.57 bits per heavy atom. The summed E-state index contributed by atoms with van der Waals surface area (Å²) >= 11 is 2.33. The third-order valence-electron chi connectivity index (χ3n) is 4.01. The molecule has 1 aromatic rings. The largest absolute Gasteiger partial charge is 1.00 e. The molecular formula is C14H13N8NaO5S2. The van der Waals surface area contributed by atoms with E-state index in [1.807, 2.05) is 0 Å². The Labute approximate surface area is 199 Å². The molecular weight excluding hydrogens is 447 g/mol. The number of hydrogen-bond donors (Lipinski definition) is 2. The van der Waals surface area contributed by atoms with E-state index < -0.39 is 29.2 Å². The van der Waals surface area contributed by atoms with Crippen molar-refractivity contribution in [2.75, 3.05) is 25.1 Å². The van der Waals surface area contributed by atoms with E-state index in [4.69, 9.17) is 11.3 Å². The predicted molar refractivity (Wildman–Crippen MR) is 101 cm³/mol. The summed E-state index contributed by atoms with van der Waals surface area (Å²) in [4.78, 5) is 48.9. The van der Waals surface area contributed by atoms with Crippen LogP contribution in [0.1, 0.15) is 5.69 Å². The zero-order valence-corrected chi connectivity index (χ0v) is 19.4. The van der Waals surface area contributed by atoms with Crippen LogP contribution in [0.5, 0.6) is 0 Å². The molecule has 1 saturated heterocycles. The molecule has 2 atom stereocenters. The first-order chi connectivity index (χ1) is 13.9. The molecule has 2 aliphatic rings. The van der Waals surface area contributed by atoms with Gasteiger partial charge in [0, 0.05) is 16.0 Å². The quantitative estimate of drug-likeness (QED) is 0.0775. The number of azide groups is 1. The molecule has 13 nitrogen and oxygen atoms in total. The van der Waals surface area contributed by atoms with Gasteiger partial charge < -0.3 is 25.8 Å². The summed E-state index contributed by atoms with van der Waals surface area (Å²) in [7, 11) is 1.25. The smallest absolute Gasteiger partial charge is 0.543 e. The molecule has 3 rings (SSSR count). The third-order valence-corrected chi connectivity index (χ3v) is 6.03. The van der Waals surface area contributed by atoms with Gasteiger partial charge in [0.1, 0.15) is 24.2 Å². The maximum Gasteiger partial charge on any atom is 1.00 e. The summed E-state index contributed by atoms with van der Waals surface area (Å²) in [6.45, 7) is -0.198. The first-order valence-corrected chi connectivity index (χ1v) is 9.84. The Hall–Kier alpha value is -2.29. The van der Waals surface area contributed by atoms with Crippen molar-refractivity contribution < 1.29 is 53.9 Å². The molecule has 0 aliphatic carbocycles. The number of thiazole rings is 1. The van der Waals surface area contributed by atoms with Crippen molar-refractivity contribution in [3.8, 4) is 0 Å². The Kier molecular flexibility index (Phi) is 8.11. The second-order valence-electron chi connectivity index (χ2n) is 5.68. The van der Waals surface area contributed by atoms with Gasteiger partial charge in [-0.1, -0.05) is 10.3 Å². The van der Waals surface area contributed by atoms with Crippen LogP contribution >= 0.6 is 23.1 Å². The number of rotatable bonds is 7. The number of carboxylic acid groups (broad SMARTS) is 1. The second-order valence-corrected chi connectivity index (χ2v) is 7.68. The van der Waals surface area contributed by atoms with Crippen LogP contribution in [0.2, 0.25) is 0 Å². The average Bonchev–Trinajstić information content (AvgIpc) is 3.13. The fourth-order valence-electron chi connectivity index (χ4n) is 2.81. The molecule has 2 amide bonds. The number of aromatic nitrogens is 1. The topological polar surface area (TPSA) is 199 Å². The van der Waals surface area contributed by atoms with Crippen LogP contribution in [0.3, 0.4) is 0 Å². The molecule has 1 fully saturated rings.